The second-order valence-electron chi connectivity index (χ2n) is 2.77. The van der Waals surface area contributed by atoms with Crippen molar-refractivity contribution in [2.45, 2.75) is 39.5 Å². The van der Waals surface area contributed by atoms with Crippen LogP contribution in [0.2, 0.25) is 0 Å². The van der Waals surface area contributed by atoms with Gasteiger partial charge in [-0.15, -0.1) is 0 Å². The van der Waals surface area contributed by atoms with Crippen molar-refractivity contribution in [1.82, 2.24) is 5.32 Å². The van der Waals surface area contributed by atoms with Gasteiger partial charge in [0.15, 0.2) is 0 Å². The molecule has 0 saturated heterocycles. The molecule has 13 heavy (non-hydrogen) atoms. The molecule has 0 fully saturated rings. The first-order chi connectivity index (χ1) is 5.81. The van der Waals surface area contributed by atoms with E-state index in [-0.39, 0.29) is 23.1 Å². The van der Waals surface area contributed by atoms with E-state index in [1.807, 2.05) is 0 Å². The molecule has 0 saturated carbocycles. The van der Waals surface area contributed by atoms with Gasteiger partial charge in [0.2, 0.25) is 0 Å². The maximum absolute atomic E-state index is 5.13. The average molecular weight is 232 g/mol. The van der Waals surface area contributed by atoms with E-state index in [1.165, 1.54) is 25.7 Å². The number of thioether (sulfide) groups is 1. The van der Waals surface area contributed by atoms with Gasteiger partial charge in [-0.1, -0.05) is 50.7 Å². The van der Waals surface area contributed by atoms with E-state index in [1.54, 1.807) is 11.8 Å². The van der Waals surface area contributed by atoms with E-state index in [0.29, 0.717) is 0 Å². The molecule has 0 atom stereocenters. The highest BCUT2D eigenvalue weighted by molar-refractivity contribution is 8.22. The zero-order valence-corrected chi connectivity index (χ0v) is 9.69. The summed E-state index contributed by atoms with van der Waals surface area (Å²) in [5.74, 6) is 1.16. The number of thiocarbonyl (C=S) groups is 1. The molecule has 0 bridgehead atoms. The maximum Gasteiger partial charge on any atom is 0.316 e. The molecule has 4 heteroatoms. The second kappa shape index (κ2) is 13.0. The van der Waals surface area contributed by atoms with Crippen LogP contribution in [0.4, 0.5) is 0 Å². The van der Waals surface area contributed by atoms with Crippen molar-refractivity contribution in [3.8, 4) is 0 Å². The molecule has 0 aliphatic rings. The van der Waals surface area contributed by atoms with E-state index in [4.69, 9.17) is 12.2 Å². The van der Waals surface area contributed by atoms with Crippen LogP contribution >= 0.6 is 24.0 Å². The van der Waals surface area contributed by atoms with Crippen molar-refractivity contribution in [1.29, 1.82) is 0 Å². The minimum absolute atomic E-state index is 0. The van der Waals surface area contributed by atoms with E-state index >= 15 is 0 Å². The molecule has 0 aliphatic heterocycles. The van der Waals surface area contributed by atoms with E-state index < -0.39 is 0 Å². The van der Waals surface area contributed by atoms with Crippen LogP contribution in [0, 0.1) is 0 Å². The van der Waals surface area contributed by atoms with Crippen LogP contribution < -0.4 is 5.32 Å². The summed E-state index contributed by atoms with van der Waals surface area (Å²) in [4.78, 5) is 0. The Kier molecular flexibility index (Phi) is 16.4. The summed E-state index contributed by atoms with van der Waals surface area (Å²) in [6.07, 6.45) is 4.97. The molecule has 0 radical (unpaired) electrons. The van der Waals surface area contributed by atoms with Crippen LogP contribution in [0.15, 0.2) is 0 Å². The molecular weight excluding hydrogens is 211 g/mol. The third-order valence-electron chi connectivity index (χ3n) is 1.53. The molecular formula is C9H21MgNS2. The first kappa shape index (κ1) is 16.4. The zero-order valence-electron chi connectivity index (χ0n) is 8.06. The molecule has 0 aliphatic carbocycles. The van der Waals surface area contributed by atoms with E-state index in [2.05, 4.69) is 19.2 Å². The highest BCUT2D eigenvalue weighted by Crippen LogP contribution is 2.05. The third-order valence-corrected chi connectivity index (χ3v) is 2.93. The molecule has 0 aromatic carbocycles. The molecule has 0 amide bonds. The highest BCUT2D eigenvalue weighted by atomic mass is 32.2. The fourth-order valence-corrected chi connectivity index (χ4v) is 1.90. The van der Waals surface area contributed by atoms with Gasteiger partial charge in [0, 0.05) is 12.3 Å². The van der Waals surface area contributed by atoms with Gasteiger partial charge in [-0.2, -0.15) is 0 Å². The predicted octanol–water partition coefficient (Wildman–Crippen LogP) is 2.28. The highest BCUT2D eigenvalue weighted by Gasteiger charge is 1.94. The first-order valence-corrected chi connectivity index (χ1v) is 6.11. The Morgan fingerprint density at radius 3 is 2.38 bits per heavy atom. The van der Waals surface area contributed by atoms with Gasteiger partial charge in [0.25, 0.3) is 0 Å². The Hall–Kier alpha value is 1.01. The fraction of sp³-hybridized carbons (Fsp3) is 0.889. The monoisotopic (exact) mass is 231 g/mol. The molecule has 1 N–H and O–H groups in total. The summed E-state index contributed by atoms with van der Waals surface area (Å²) in [6.45, 7) is 5.43. The molecule has 0 heterocycles. The number of nitrogens with one attached hydrogen (secondary N) is 1. The summed E-state index contributed by atoms with van der Waals surface area (Å²) in [5, 5.41) is 3.24. The van der Waals surface area contributed by atoms with Gasteiger partial charge in [-0.25, -0.2) is 0 Å². The smallest absolute Gasteiger partial charge is 0.316 e. The molecule has 0 aromatic heterocycles. The van der Waals surface area contributed by atoms with Crippen LogP contribution in [0.3, 0.4) is 0 Å². The summed E-state index contributed by atoms with van der Waals surface area (Å²) in [6, 6.07) is 0. The minimum Gasteiger partial charge on any atom is -0.371 e. The van der Waals surface area contributed by atoms with Crippen molar-refractivity contribution in [2.24, 2.45) is 0 Å². The van der Waals surface area contributed by atoms with Crippen molar-refractivity contribution in [3.63, 3.8) is 0 Å². The van der Waals surface area contributed by atoms with Crippen molar-refractivity contribution in [2.75, 3.05) is 12.3 Å². The second-order valence-corrected chi connectivity index (χ2v) is 4.54. The minimum atomic E-state index is 0. The predicted molar refractivity (Wildman–Crippen MR) is 71.4 cm³/mol. The molecule has 0 unspecified atom stereocenters. The summed E-state index contributed by atoms with van der Waals surface area (Å²) < 4.78 is 0.969. The lowest BCUT2D eigenvalue weighted by atomic mass is 10.3. The number of hydrogen-bond acceptors (Lipinski definition) is 2. The Bertz CT molecular complexity index is 108. The SMILES string of the molecule is CCCCNC(=S)SCCCC.[MgH2]. The molecule has 1 nitrogen and oxygen atoms in total. The molecule has 76 valence electrons. The van der Waals surface area contributed by atoms with Crippen LogP contribution in [0.5, 0.6) is 0 Å². The Morgan fingerprint density at radius 1 is 1.23 bits per heavy atom. The Morgan fingerprint density at radius 2 is 1.85 bits per heavy atom. The topological polar surface area (TPSA) is 12.0 Å². The van der Waals surface area contributed by atoms with Gasteiger partial charge in [-0.05, 0) is 12.8 Å². The molecule has 0 aromatic rings. The van der Waals surface area contributed by atoms with Crippen LogP contribution in [0.25, 0.3) is 0 Å². The lowest BCUT2D eigenvalue weighted by Gasteiger charge is -2.05. The van der Waals surface area contributed by atoms with Gasteiger partial charge < -0.3 is 5.32 Å². The first-order valence-electron chi connectivity index (χ1n) is 4.71. The lowest BCUT2D eigenvalue weighted by Crippen LogP contribution is -2.19. The molecule has 0 rings (SSSR count). The number of unbranched alkanes of at least 4 members (excludes halogenated alkanes) is 2. The van der Waals surface area contributed by atoms with E-state index in [0.717, 1.165) is 16.6 Å². The quantitative estimate of drug-likeness (QED) is 0.428. The Labute approximate surface area is 108 Å². The third kappa shape index (κ3) is 13.0. The Balaban J connectivity index is 0. The van der Waals surface area contributed by atoms with Gasteiger partial charge in [0.1, 0.15) is 4.32 Å². The molecule has 0 spiro atoms. The number of rotatable bonds is 6. The van der Waals surface area contributed by atoms with Crippen LogP contribution in [0.1, 0.15) is 39.5 Å². The largest absolute Gasteiger partial charge is 0.371 e. The number of hydrogen-bond donors (Lipinski definition) is 1. The summed E-state index contributed by atoms with van der Waals surface area (Å²) in [7, 11) is 0. The zero-order chi connectivity index (χ0) is 9.23. The lowest BCUT2D eigenvalue weighted by molar-refractivity contribution is 0.762. The normalized spacial score (nSPS) is 9.08. The van der Waals surface area contributed by atoms with Gasteiger partial charge in [0.05, 0.1) is 0 Å². The summed E-state index contributed by atoms with van der Waals surface area (Å²) >= 11 is 6.90. The van der Waals surface area contributed by atoms with Gasteiger partial charge >= 0.3 is 23.1 Å². The van der Waals surface area contributed by atoms with Crippen molar-refractivity contribution >= 4 is 51.4 Å². The standard InChI is InChI=1S/C9H19NS2.Mg.2H/c1-3-5-7-10-9(11)12-8-6-4-2;;;/h3-8H2,1-2H3,(H,10,11);;;. The van der Waals surface area contributed by atoms with E-state index in [9.17, 15) is 0 Å². The maximum atomic E-state index is 5.13. The average Bonchev–Trinajstić information content (AvgIpc) is 2.06. The fourth-order valence-electron chi connectivity index (χ4n) is 0.727. The summed E-state index contributed by atoms with van der Waals surface area (Å²) in [5.41, 5.74) is 0. The van der Waals surface area contributed by atoms with Gasteiger partial charge in [-0.3, -0.25) is 0 Å². The van der Waals surface area contributed by atoms with Crippen molar-refractivity contribution in [3.05, 3.63) is 0 Å². The van der Waals surface area contributed by atoms with Crippen LogP contribution in [-0.4, -0.2) is 39.7 Å². The van der Waals surface area contributed by atoms with Crippen molar-refractivity contribution < 1.29 is 0 Å². The van der Waals surface area contributed by atoms with Crippen LogP contribution in [-0.2, 0) is 0 Å².